The fourth-order valence-electron chi connectivity index (χ4n) is 4.07. The summed E-state index contributed by atoms with van der Waals surface area (Å²) in [5, 5.41) is 0. The number of anilines is 1. The first-order chi connectivity index (χ1) is 17.7. The van der Waals surface area contributed by atoms with Crippen LogP contribution in [0, 0.1) is 0 Å². The number of carbonyl (C=O) groups excluding carboxylic acids is 2. The molecule has 0 aromatic heterocycles. The van der Waals surface area contributed by atoms with Crippen molar-refractivity contribution in [2.75, 3.05) is 17.9 Å². The third-order valence-electron chi connectivity index (χ3n) is 5.94. The molecule has 0 radical (unpaired) electrons. The van der Waals surface area contributed by atoms with Crippen LogP contribution >= 0.6 is 15.9 Å². The van der Waals surface area contributed by atoms with Gasteiger partial charge in [-0.2, -0.15) is 0 Å². The van der Waals surface area contributed by atoms with Gasteiger partial charge in [-0.3, -0.25) is 9.52 Å². The first kappa shape index (κ1) is 26.7. The highest BCUT2D eigenvalue weighted by atomic mass is 79.9. The summed E-state index contributed by atoms with van der Waals surface area (Å²) in [5.74, 6) is -0.695. The van der Waals surface area contributed by atoms with Crippen LogP contribution in [-0.2, 0) is 32.5 Å². The summed E-state index contributed by atoms with van der Waals surface area (Å²) >= 11 is 3.29. The summed E-state index contributed by atoms with van der Waals surface area (Å²) in [6, 6.07) is 18.5. The molecular weight excluding hydrogens is 560 g/mol. The highest BCUT2D eigenvalue weighted by Gasteiger charge is 2.27. The maximum absolute atomic E-state index is 13.0. The van der Waals surface area contributed by atoms with Crippen molar-refractivity contribution in [2.45, 2.75) is 37.8 Å². The van der Waals surface area contributed by atoms with Gasteiger partial charge in [0, 0.05) is 23.2 Å². The Morgan fingerprint density at radius 2 is 1.76 bits per heavy atom. The van der Waals surface area contributed by atoms with E-state index in [0.29, 0.717) is 24.2 Å². The van der Waals surface area contributed by atoms with Gasteiger partial charge in [0.25, 0.3) is 15.9 Å². The minimum Gasteiger partial charge on any atom is -0.492 e. The molecular formula is C27H27BrN2O6S. The standard InChI is InChI=1S/C27H27BrN2O6S/c1-3-35-24-13-10-22(28)16-25(24)37(33,34)29-23-11-8-20(9-12-23)27(32)36-18(2)26(31)30-15-14-19-6-4-5-7-21(19)17-30/h4-13,16,18,29H,3,14-15,17H2,1-2H3/t18-/m1/s1. The monoisotopic (exact) mass is 586 g/mol. The van der Waals surface area contributed by atoms with Gasteiger partial charge >= 0.3 is 5.97 Å². The first-order valence-corrected chi connectivity index (χ1v) is 14.1. The molecule has 37 heavy (non-hydrogen) atoms. The number of hydrogen-bond donors (Lipinski definition) is 1. The van der Waals surface area contributed by atoms with Crippen molar-refractivity contribution in [3.63, 3.8) is 0 Å². The highest BCUT2D eigenvalue weighted by molar-refractivity contribution is 9.10. The Balaban J connectivity index is 1.39. The number of amides is 1. The molecule has 1 heterocycles. The molecule has 8 nitrogen and oxygen atoms in total. The van der Waals surface area contributed by atoms with Gasteiger partial charge in [0.05, 0.1) is 12.2 Å². The van der Waals surface area contributed by atoms with Gasteiger partial charge in [-0.1, -0.05) is 40.2 Å². The van der Waals surface area contributed by atoms with Crippen molar-refractivity contribution in [3.8, 4) is 5.75 Å². The van der Waals surface area contributed by atoms with E-state index in [4.69, 9.17) is 9.47 Å². The molecule has 3 aromatic carbocycles. The summed E-state index contributed by atoms with van der Waals surface area (Å²) < 4.78 is 39.9. The van der Waals surface area contributed by atoms with Crippen molar-refractivity contribution in [2.24, 2.45) is 0 Å². The van der Waals surface area contributed by atoms with Gasteiger partial charge in [0.1, 0.15) is 10.6 Å². The molecule has 0 fully saturated rings. The zero-order valence-corrected chi connectivity index (χ0v) is 22.8. The number of carbonyl (C=O) groups is 2. The topological polar surface area (TPSA) is 102 Å². The minimum atomic E-state index is -3.96. The predicted octanol–water partition coefficient (Wildman–Crippen LogP) is 4.78. The molecule has 1 aliphatic rings. The normalized spacial score (nSPS) is 13.9. The van der Waals surface area contributed by atoms with Crippen LogP contribution in [0.4, 0.5) is 5.69 Å². The van der Waals surface area contributed by atoms with Crippen LogP contribution in [-0.4, -0.2) is 44.4 Å². The number of halogens is 1. The Labute approximate surface area is 224 Å². The van der Waals surface area contributed by atoms with Crippen LogP contribution in [0.1, 0.15) is 35.3 Å². The number of sulfonamides is 1. The summed E-state index contributed by atoms with van der Waals surface area (Å²) in [7, 11) is -3.96. The van der Waals surface area contributed by atoms with Gasteiger partial charge in [-0.15, -0.1) is 0 Å². The summed E-state index contributed by atoms with van der Waals surface area (Å²) in [6.45, 7) is 4.68. The number of ether oxygens (including phenoxy) is 2. The summed E-state index contributed by atoms with van der Waals surface area (Å²) in [4.78, 5) is 27.2. The molecule has 1 aliphatic heterocycles. The van der Waals surface area contributed by atoms with E-state index in [1.165, 1.54) is 35.9 Å². The molecule has 1 amide bonds. The number of hydrogen-bond acceptors (Lipinski definition) is 6. The Morgan fingerprint density at radius 1 is 1.05 bits per heavy atom. The number of esters is 1. The van der Waals surface area contributed by atoms with Crippen LogP contribution < -0.4 is 9.46 Å². The van der Waals surface area contributed by atoms with E-state index in [1.54, 1.807) is 30.9 Å². The van der Waals surface area contributed by atoms with E-state index in [2.05, 4.69) is 26.7 Å². The molecule has 1 atom stereocenters. The minimum absolute atomic E-state index is 0.0140. The number of nitrogens with one attached hydrogen (secondary N) is 1. The lowest BCUT2D eigenvalue weighted by Crippen LogP contribution is -2.42. The second-order valence-corrected chi connectivity index (χ2v) is 11.1. The molecule has 0 unspecified atom stereocenters. The van der Waals surface area contributed by atoms with Crippen LogP contribution in [0.25, 0.3) is 0 Å². The fourth-order valence-corrected chi connectivity index (χ4v) is 5.81. The van der Waals surface area contributed by atoms with E-state index < -0.39 is 22.1 Å². The van der Waals surface area contributed by atoms with Gasteiger partial charge in [0.15, 0.2) is 6.10 Å². The number of benzene rings is 3. The zero-order valence-electron chi connectivity index (χ0n) is 20.4. The average molecular weight is 587 g/mol. The lowest BCUT2D eigenvalue weighted by molar-refractivity contribution is -0.140. The van der Waals surface area contributed by atoms with Crippen LogP contribution in [0.15, 0.2) is 76.1 Å². The number of fused-ring (bicyclic) bond motifs is 1. The van der Waals surface area contributed by atoms with E-state index >= 15 is 0 Å². The molecule has 0 saturated heterocycles. The van der Waals surface area contributed by atoms with Crippen LogP contribution in [0.5, 0.6) is 5.75 Å². The van der Waals surface area contributed by atoms with Gasteiger partial charge in [-0.05, 0) is 73.9 Å². The first-order valence-electron chi connectivity index (χ1n) is 11.8. The van der Waals surface area contributed by atoms with Crippen LogP contribution in [0.3, 0.4) is 0 Å². The lowest BCUT2D eigenvalue weighted by Gasteiger charge is -2.30. The molecule has 0 saturated carbocycles. The molecule has 0 spiro atoms. The van der Waals surface area contributed by atoms with Crippen molar-refractivity contribution in [3.05, 3.63) is 87.9 Å². The smallest absolute Gasteiger partial charge is 0.338 e. The van der Waals surface area contributed by atoms with Crippen molar-refractivity contribution in [1.29, 1.82) is 0 Å². The number of rotatable bonds is 8. The summed E-state index contributed by atoms with van der Waals surface area (Å²) in [5.41, 5.74) is 2.77. The Hall–Kier alpha value is -3.37. The van der Waals surface area contributed by atoms with Crippen molar-refractivity contribution < 1.29 is 27.5 Å². The third-order valence-corrected chi connectivity index (χ3v) is 7.84. The Bertz CT molecular complexity index is 1410. The zero-order chi connectivity index (χ0) is 26.6. The fraction of sp³-hybridized carbons (Fsp3) is 0.259. The van der Waals surface area contributed by atoms with Gasteiger partial charge in [0.2, 0.25) is 0 Å². The molecule has 4 rings (SSSR count). The average Bonchev–Trinajstić information content (AvgIpc) is 2.89. The Morgan fingerprint density at radius 3 is 2.46 bits per heavy atom. The second-order valence-electron chi connectivity index (χ2n) is 8.53. The van der Waals surface area contributed by atoms with E-state index in [1.807, 2.05) is 18.2 Å². The molecule has 1 N–H and O–H groups in total. The molecule has 3 aromatic rings. The summed E-state index contributed by atoms with van der Waals surface area (Å²) in [6.07, 6.45) is -0.198. The quantitative estimate of drug-likeness (QED) is 0.381. The van der Waals surface area contributed by atoms with Crippen molar-refractivity contribution in [1.82, 2.24) is 4.90 Å². The van der Waals surface area contributed by atoms with E-state index in [9.17, 15) is 18.0 Å². The predicted molar refractivity (Wildman–Crippen MR) is 143 cm³/mol. The molecule has 10 heteroatoms. The largest absolute Gasteiger partial charge is 0.492 e. The molecule has 0 bridgehead atoms. The second kappa shape index (κ2) is 11.4. The van der Waals surface area contributed by atoms with Crippen LogP contribution in [0.2, 0.25) is 0 Å². The lowest BCUT2D eigenvalue weighted by atomic mass is 9.99. The maximum Gasteiger partial charge on any atom is 0.338 e. The van der Waals surface area contributed by atoms with E-state index in [-0.39, 0.29) is 27.8 Å². The van der Waals surface area contributed by atoms with Gasteiger partial charge < -0.3 is 14.4 Å². The third kappa shape index (κ3) is 6.31. The molecule has 0 aliphatic carbocycles. The van der Waals surface area contributed by atoms with E-state index in [0.717, 1.165) is 12.0 Å². The highest BCUT2D eigenvalue weighted by Crippen LogP contribution is 2.29. The Kier molecular flexibility index (Phi) is 8.19. The van der Waals surface area contributed by atoms with Gasteiger partial charge in [-0.25, -0.2) is 13.2 Å². The molecule has 194 valence electrons. The SMILES string of the molecule is CCOc1ccc(Br)cc1S(=O)(=O)Nc1ccc(C(=O)O[C@H](C)C(=O)N2CCc3ccccc3C2)cc1. The number of nitrogens with zero attached hydrogens (tertiary/aromatic N) is 1. The maximum atomic E-state index is 13.0. The van der Waals surface area contributed by atoms with Crippen molar-refractivity contribution >= 4 is 43.5 Å².